The summed E-state index contributed by atoms with van der Waals surface area (Å²) in [4.78, 5) is 25.2. The number of sulfonamides is 1. The smallest absolute Gasteiger partial charge is 0.310 e. The van der Waals surface area contributed by atoms with Gasteiger partial charge in [-0.1, -0.05) is 30.3 Å². The fraction of sp³-hybridized carbons (Fsp3) is 0.231. The second-order valence-electron chi connectivity index (χ2n) is 8.25. The Balaban J connectivity index is 1.27. The van der Waals surface area contributed by atoms with E-state index in [1.165, 1.54) is 4.31 Å². The molecule has 1 aliphatic heterocycles. The minimum Gasteiger partial charge on any atom is -0.464 e. The zero-order valence-electron chi connectivity index (χ0n) is 18.6. The van der Waals surface area contributed by atoms with Gasteiger partial charge in [0, 0.05) is 23.1 Å². The molecule has 34 heavy (non-hydrogen) atoms. The number of ketones is 1. The summed E-state index contributed by atoms with van der Waals surface area (Å²) in [5.74, 6) is -0.842. The van der Waals surface area contributed by atoms with Crippen molar-refractivity contribution in [2.24, 2.45) is 0 Å². The first kappa shape index (κ1) is 22.2. The summed E-state index contributed by atoms with van der Waals surface area (Å²) < 4.78 is 36.7. The monoisotopic (exact) mass is 477 g/mol. The van der Waals surface area contributed by atoms with Gasteiger partial charge in [-0.05, 0) is 53.9 Å². The highest BCUT2D eigenvalue weighted by Gasteiger charge is 2.28. The van der Waals surface area contributed by atoms with Crippen LogP contribution in [0.3, 0.4) is 0 Å². The SMILES string of the molecule is CCS(=O)(=O)N1CCc2cc(C(=O)COC(=O)Cc3coc4ccc5ccccc5c34)ccc21. The molecule has 7 nitrogen and oxygen atoms in total. The fourth-order valence-corrected chi connectivity index (χ4v) is 5.59. The number of anilines is 1. The lowest BCUT2D eigenvalue weighted by Crippen LogP contribution is -2.30. The molecule has 0 aliphatic carbocycles. The Kier molecular flexibility index (Phi) is 5.61. The Morgan fingerprint density at radius 1 is 1.09 bits per heavy atom. The van der Waals surface area contributed by atoms with Crippen molar-refractivity contribution in [2.45, 2.75) is 19.8 Å². The molecule has 3 aromatic carbocycles. The molecule has 0 saturated heterocycles. The van der Waals surface area contributed by atoms with Gasteiger partial charge in [0.05, 0.1) is 24.1 Å². The van der Waals surface area contributed by atoms with Gasteiger partial charge in [-0.25, -0.2) is 8.42 Å². The van der Waals surface area contributed by atoms with Gasteiger partial charge in [-0.3, -0.25) is 13.9 Å². The average molecular weight is 478 g/mol. The molecular weight excluding hydrogens is 454 g/mol. The van der Waals surface area contributed by atoms with Crippen LogP contribution in [0.1, 0.15) is 28.4 Å². The number of carbonyl (C=O) groups excluding carboxylic acids is 2. The van der Waals surface area contributed by atoms with Gasteiger partial charge in [0.15, 0.2) is 12.4 Å². The van der Waals surface area contributed by atoms with Crippen LogP contribution >= 0.6 is 0 Å². The molecule has 0 fully saturated rings. The Morgan fingerprint density at radius 3 is 2.74 bits per heavy atom. The lowest BCUT2D eigenvalue weighted by molar-refractivity contribution is -0.141. The number of nitrogens with zero attached hydrogens (tertiary/aromatic N) is 1. The van der Waals surface area contributed by atoms with Gasteiger partial charge >= 0.3 is 5.97 Å². The Morgan fingerprint density at radius 2 is 1.91 bits per heavy atom. The van der Waals surface area contributed by atoms with Crippen molar-refractivity contribution in [1.29, 1.82) is 0 Å². The number of benzene rings is 3. The molecule has 1 aliphatic rings. The zero-order chi connectivity index (χ0) is 23.9. The second kappa shape index (κ2) is 8.61. The molecule has 0 N–H and O–H groups in total. The van der Waals surface area contributed by atoms with E-state index in [9.17, 15) is 18.0 Å². The number of esters is 1. The Bertz CT molecular complexity index is 1540. The summed E-state index contributed by atoms with van der Waals surface area (Å²) in [5, 5.41) is 2.90. The molecule has 0 unspecified atom stereocenters. The van der Waals surface area contributed by atoms with Gasteiger partial charge in [0.25, 0.3) is 0 Å². The maximum absolute atomic E-state index is 12.6. The van der Waals surface area contributed by atoms with Crippen LogP contribution in [-0.2, 0) is 32.4 Å². The van der Waals surface area contributed by atoms with Crippen molar-refractivity contribution < 1.29 is 27.2 Å². The molecule has 1 aromatic heterocycles. The number of hydrogen-bond acceptors (Lipinski definition) is 6. The van der Waals surface area contributed by atoms with E-state index in [1.807, 2.05) is 36.4 Å². The number of Topliss-reactive ketones (excluding diaryl/α,β-unsaturated/α-hetero) is 1. The first-order chi connectivity index (χ1) is 16.4. The van der Waals surface area contributed by atoms with E-state index in [4.69, 9.17) is 9.15 Å². The highest BCUT2D eigenvalue weighted by molar-refractivity contribution is 7.92. The van der Waals surface area contributed by atoms with E-state index in [0.29, 0.717) is 35.4 Å². The largest absolute Gasteiger partial charge is 0.464 e. The van der Waals surface area contributed by atoms with Gasteiger partial charge in [-0.2, -0.15) is 0 Å². The number of rotatable bonds is 7. The quantitative estimate of drug-likeness (QED) is 0.292. The van der Waals surface area contributed by atoms with Crippen LogP contribution in [0.5, 0.6) is 0 Å². The lowest BCUT2D eigenvalue weighted by Gasteiger charge is -2.18. The molecule has 2 heterocycles. The third-order valence-electron chi connectivity index (χ3n) is 6.19. The van der Waals surface area contributed by atoms with Crippen LogP contribution in [-0.4, -0.2) is 39.1 Å². The second-order valence-corrected chi connectivity index (χ2v) is 10.4. The van der Waals surface area contributed by atoms with Crippen LogP contribution in [0.25, 0.3) is 21.7 Å². The summed E-state index contributed by atoms with van der Waals surface area (Å²) in [6.07, 6.45) is 2.08. The molecule has 0 bridgehead atoms. The number of carbonyl (C=O) groups is 2. The molecule has 0 spiro atoms. The van der Waals surface area contributed by atoms with E-state index in [1.54, 1.807) is 31.4 Å². The predicted molar refractivity (Wildman–Crippen MR) is 130 cm³/mol. The van der Waals surface area contributed by atoms with E-state index < -0.39 is 16.0 Å². The van der Waals surface area contributed by atoms with E-state index >= 15 is 0 Å². The molecule has 174 valence electrons. The van der Waals surface area contributed by atoms with Gasteiger partial charge in [0.1, 0.15) is 5.58 Å². The fourth-order valence-electron chi connectivity index (χ4n) is 4.43. The third kappa shape index (κ3) is 3.94. The molecule has 8 heteroatoms. The molecule has 5 rings (SSSR count). The van der Waals surface area contributed by atoms with Crippen molar-refractivity contribution in [3.8, 4) is 0 Å². The minimum atomic E-state index is -3.35. The molecule has 0 amide bonds. The topological polar surface area (TPSA) is 93.9 Å². The molecule has 0 radical (unpaired) electrons. The van der Waals surface area contributed by atoms with Crippen LogP contribution in [0.4, 0.5) is 5.69 Å². The predicted octanol–water partition coefficient (Wildman–Crippen LogP) is 4.27. The summed E-state index contributed by atoms with van der Waals surface area (Å²) in [5.41, 5.74) is 3.19. The zero-order valence-corrected chi connectivity index (χ0v) is 19.4. The Hall–Kier alpha value is -3.65. The average Bonchev–Trinajstić information content (AvgIpc) is 3.47. The minimum absolute atomic E-state index is 0.0116. The third-order valence-corrected chi connectivity index (χ3v) is 7.97. The maximum Gasteiger partial charge on any atom is 0.310 e. The van der Waals surface area contributed by atoms with Crippen molar-refractivity contribution in [3.63, 3.8) is 0 Å². The number of ether oxygens (including phenoxy) is 1. The van der Waals surface area contributed by atoms with Crippen molar-refractivity contribution in [3.05, 3.63) is 77.6 Å². The molecule has 0 saturated carbocycles. The standard InChI is InChI=1S/C26H23NO6S/c1-2-34(30,31)27-12-11-18-13-19(7-9-22(18)27)23(28)16-33-25(29)14-20-15-32-24-10-8-17-5-3-4-6-21(17)26(20)24/h3-10,13,15H,2,11-12,14,16H2,1H3. The summed E-state index contributed by atoms with van der Waals surface area (Å²) in [7, 11) is -3.35. The van der Waals surface area contributed by atoms with Crippen molar-refractivity contribution in [1.82, 2.24) is 0 Å². The van der Waals surface area contributed by atoms with Crippen molar-refractivity contribution >= 4 is 49.2 Å². The summed E-state index contributed by atoms with van der Waals surface area (Å²) in [6.45, 7) is 1.59. The normalized spacial score (nSPS) is 13.4. The van der Waals surface area contributed by atoms with Crippen LogP contribution < -0.4 is 4.31 Å². The number of furan rings is 1. The highest BCUT2D eigenvalue weighted by atomic mass is 32.2. The van der Waals surface area contributed by atoms with Gasteiger partial charge in [0.2, 0.25) is 10.0 Å². The van der Waals surface area contributed by atoms with Crippen LogP contribution in [0, 0.1) is 0 Å². The van der Waals surface area contributed by atoms with E-state index in [2.05, 4.69) is 0 Å². The van der Waals surface area contributed by atoms with Crippen molar-refractivity contribution in [2.75, 3.05) is 23.2 Å². The highest BCUT2D eigenvalue weighted by Crippen LogP contribution is 2.32. The van der Waals surface area contributed by atoms with Gasteiger partial charge < -0.3 is 9.15 Å². The number of fused-ring (bicyclic) bond motifs is 4. The lowest BCUT2D eigenvalue weighted by atomic mass is 10.0. The van der Waals surface area contributed by atoms with Gasteiger partial charge in [-0.15, -0.1) is 0 Å². The molecular formula is C26H23NO6S. The first-order valence-electron chi connectivity index (χ1n) is 11.1. The Labute approximate surface area is 197 Å². The van der Waals surface area contributed by atoms with Crippen LogP contribution in [0.15, 0.2) is 65.3 Å². The first-order valence-corrected chi connectivity index (χ1v) is 12.7. The van der Waals surface area contributed by atoms with E-state index in [0.717, 1.165) is 21.7 Å². The van der Waals surface area contributed by atoms with E-state index in [-0.39, 0.29) is 24.6 Å². The summed E-state index contributed by atoms with van der Waals surface area (Å²) >= 11 is 0. The molecule has 0 atom stereocenters. The maximum atomic E-state index is 12.6. The summed E-state index contributed by atoms with van der Waals surface area (Å²) in [6, 6.07) is 16.6. The molecule has 4 aromatic rings. The van der Waals surface area contributed by atoms with Crippen LogP contribution in [0.2, 0.25) is 0 Å². The number of hydrogen-bond donors (Lipinski definition) is 0.